The molecule has 1 aliphatic heterocycles. The lowest BCUT2D eigenvalue weighted by atomic mass is 9.95. The second kappa shape index (κ2) is 4.04. The maximum atomic E-state index is 2.50. The van der Waals surface area contributed by atoms with Gasteiger partial charge in [-0.15, -0.1) is 0 Å². The molecule has 0 aromatic heterocycles. The van der Waals surface area contributed by atoms with Gasteiger partial charge in [0, 0.05) is 18.8 Å². The van der Waals surface area contributed by atoms with Crippen LogP contribution >= 0.6 is 0 Å². The van der Waals surface area contributed by atoms with Gasteiger partial charge >= 0.3 is 0 Å². The number of nitrogens with zero attached hydrogens (tertiary/aromatic N) is 1. The molecule has 1 nitrogen and oxygen atoms in total. The quantitative estimate of drug-likeness (QED) is 0.690. The highest BCUT2D eigenvalue weighted by Gasteiger charge is 2.24. The SMILES string of the molecule is CC(C)C1CCN(c2ccccc2)C1. The van der Waals surface area contributed by atoms with Crippen molar-refractivity contribution in [2.45, 2.75) is 20.3 Å². The second-order valence-electron chi connectivity index (χ2n) is 4.57. The van der Waals surface area contributed by atoms with E-state index in [1.54, 1.807) is 0 Å². The minimum absolute atomic E-state index is 0.823. The van der Waals surface area contributed by atoms with Gasteiger partial charge in [0.25, 0.3) is 0 Å². The monoisotopic (exact) mass is 189 g/mol. The van der Waals surface area contributed by atoms with Gasteiger partial charge < -0.3 is 4.90 Å². The van der Waals surface area contributed by atoms with Crippen LogP contribution in [0.5, 0.6) is 0 Å². The van der Waals surface area contributed by atoms with Gasteiger partial charge in [-0.2, -0.15) is 0 Å². The van der Waals surface area contributed by atoms with E-state index in [-0.39, 0.29) is 0 Å². The van der Waals surface area contributed by atoms with Crippen molar-refractivity contribution in [3.05, 3.63) is 30.3 Å². The number of anilines is 1. The Morgan fingerprint density at radius 3 is 2.50 bits per heavy atom. The Morgan fingerprint density at radius 1 is 1.21 bits per heavy atom. The number of rotatable bonds is 2. The molecule has 1 aliphatic rings. The van der Waals surface area contributed by atoms with Crippen molar-refractivity contribution in [1.29, 1.82) is 0 Å². The summed E-state index contributed by atoms with van der Waals surface area (Å²) in [5, 5.41) is 0. The first kappa shape index (κ1) is 9.57. The van der Waals surface area contributed by atoms with Crippen LogP contribution in [0.15, 0.2) is 30.3 Å². The minimum atomic E-state index is 0.823. The molecule has 1 atom stereocenters. The maximum Gasteiger partial charge on any atom is 0.0366 e. The molecule has 14 heavy (non-hydrogen) atoms. The van der Waals surface area contributed by atoms with Gasteiger partial charge in [-0.1, -0.05) is 32.0 Å². The number of hydrogen-bond donors (Lipinski definition) is 0. The third kappa shape index (κ3) is 1.92. The number of benzene rings is 1. The molecule has 0 N–H and O–H groups in total. The number of hydrogen-bond acceptors (Lipinski definition) is 1. The highest BCUT2D eigenvalue weighted by atomic mass is 15.1. The second-order valence-corrected chi connectivity index (χ2v) is 4.57. The molecule has 0 spiro atoms. The molecule has 0 aliphatic carbocycles. The fourth-order valence-corrected chi connectivity index (χ4v) is 2.20. The van der Waals surface area contributed by atoms with Crippen molar-refractivity contribution >= 4 is 5.69 Å². The van der Waals surface area contributed by atoms with E-state index in [2.05, 4.69) is 49.1 Å². The van der Waals surface area contributed by atoms with Gasteiger partial charge in [-0.05, 0) is 30.4 Å². The van der Waals surface area contributed by atoms with Crippen LogP contribution in [0, 0.1) is 11.8 Å². The summed E-state index contributed by atoms with van der Waals surface area (Å²) in [6.45, 7) is 7.13. The molecule has 0 amide bonds. The van der Waals surface area contributed by atoms with Crippen LogP contribution in [0.2, 0.25) is 0 Å². The smallest absolute Gasteiger partial charge is 0.0366 e. The topological polar surface area (TPSA) is 3.24 Å². The Hall–Kier alpha value is -0.980. The van der Waals surface area contributed by atoms with E-state index < -0.39 is 0 Å². The molecule has 1 unspecified atom stereocenters. The van der Waals surface area contributed by atoms with Crippen LogP contribution in [0.25, 0.3) is 0 Å². The Morgan fingerprint density at radius 2 is 1.93 bits per heavy atom. The van der Waals surface area contributed by atoms with Crippen LogP contribution < -0.4 is 4.90 Å². The van der Waals surface area contributed by atoms with Crippen molar-refractivity contribution in [3.63, 3.8) is 0 Å². The standard InChI is InChI=1S/C13H19N/c1-11(2)12-8-9-14(10-12)13-6-4-3-5-7-13/h3-7,11-12H,8-10H2,1-2H3. The molecule has 2 rings (SSSR count). The lowest BCUT2D eigenvalue weighted by Crippen LogP contribution is -2.20. The maximum absolute atomic E-state index is 2.50. The van der Waals surface area contributed by atoms with Crippen LogP contribution in [0.4, 0.5) is 5.69 Å². The van der Waals surface area contributed by atoms with E-state index in [0.717, 1.165) is 11.8 Å². The van der Waals surface area contributed by atoms with E-state index in [0.29, 0.717) is 0 Å². The summed E-state index contributed by atoms with van der Waals surface area (Å²) in [7, 11) is 0. The van der Waals surface area contributed by atoms with E-state index in [1.165, 1.54) is 25.2 Å². The normalized spacial score (nSPS) is 21.9. The minimum Gasteiger partial charge on any atom is -0.371 e. The van der Waals surface area contributed by atoms with Gasteiger partial charge in [0.1, 0.15) is 0 Å². The molecule has 76 valence electrons. The fraction of sp³-hybridized carbons (Fsp3) is 0.538. The lowest BCUT2D eigenvalue weighted by Gasteiger charge is -2.19. The first-order valence-electron chi connectivity index (χ1n) is 5.57. The number of para-hydroxylation sites is 1. The Labute approximate surface area is 86.7 Å². The molecular weight excluding hydrogens is 170 g/mol. The summed E-state index contributed by atoms with van der Waals surface area (Å²) in [5.41, 5.74) is 1.38. The van der Waals surface area contributed by atoms with Crippen molar-refractivity contribution in [2.75, 3.05) is 18.0 Å². The van der Waals surface area contributed by atoms with Crippen LogP contribution in [0.3, 0.4) is 0 Å². The summed E-state index contributed by atoms with van der Waals surface area (Å²) >= 11 is 0. The fourth-order valence-electron chi connectivity index (χ4n) is 2.20. The molecule has 0 radical (unpaired) electrons. The summed E-state index contributed by atoms with van der Waals surface area (Å²) in [6.07, 6.45) is 1.35. The molecule has 1 aromatic carbocycles. The third-order valence-corrected chi connectivity index (χ3v) is 3.29. The Bertz CT molecular complexity index is 279. The first-order chi connectivity index (χ1) is 6.77. The Balaban J connectivity index is 2.03. The van der Waals surface area contributed by atoms with E-state index in [9.17, 15) is 0 Å². The van der Waals surface area contributed by atoms with Crippen LogP contribution in [-0.4, -0.2) is 13.1 Å². The molecule has 1 heterocycles. The van der Waals surface area contributed by atoms with Crippen molar-refractivity contribution < 1.29 is 0 Å². The van der Waals surface area contributed by atoms with E-state index in [1.807, 2.05) is 0 Å². The van der Waals surface area contributed by atoms with Crippen molar-refractivity contribution in [1.82, 2.24) is 0 Å². The molecule has 1 heteroatoms. The highest BCUT2D eigenvalue weighted by Crippen LogP contribution is 2.27. The van der Waals surface area contributed by atoms with E-state index in [4.69, 9.17) is 0 Å². The van der Waals surface area contributed by atoms with Crippen LogP contribution in [-0.2, 0) is 0 Å². The molecule has 0 saturated carbocycles. The zero-order valence-electron chi connectivity index (χ0n) is 9.11. The van der Waals surface area contributed by atoms with Gasteiger partial charge in [-0.3, -0.25) is 0 Å². The highest BCUT2D eigenvalue weighted by molar-refractivity contribution is 5.46. The zero-order valence-corrected chi connectivity index (χ0v) is 9.11. The summed E-state index contributed by atoms with van der Waals surface area (Å²) in [6, 6.07) is 10.8. The van der Waals surface area contributed by atoms with Gasteiger partial charge in [0.2, 0.25) is 0 Å². The molecular formula is C13H19N. The van der Waals surface area contributed by atoms with Crippen molar-refractivity contribution in [2.24, 2.45) is 11.8 Å². The zero-order chi connectivity index (χ0) is 9.97. The molecule has 1 fully saturated rings. The summed E-state index contributed by atoms with van der Waals surface area (Å²) < 4.78 is 0. The van der Waals surface area contributed by atoms with Gasteiger partial charge in [0.15, 0.2) is 0 Å². The summed E-state index contributed by atoms with van der Waals surface area (Å²) in [4.78, 5) is 2.50. The van der Waals surface area contributed by atoms with Crippen LogP contribution in [0.1, 0.15) is 20.3 Å². The third-order valence-electron chi connectivity index (χ3n) is 3.29. The largest absolute Gasteiger partial charge is 0.371 e. The lowest BCUT2D eigenvalue weighted by molar-refractivity contribution is 0.423. The Kier molecular flexibility index (Phi) is 2.76. The average molecular weight is 189 g/mol. The van der Waals surface area contributed by atoms with Gasteiger partial charge in [-0.25, -0.2) is 0 Å². The van der Waals surface area contributed by atoms with Crippen molar-refractivity contribution in [3.8, 4) is 0 Å². The summed E-state index contributed by atoms with van der Waals surface area (Å²) in [5.74, 6) is 1.71. The predicted molar refractivity (Wildman–Crippen MR) is 61.6 cm³/mol. The first-order valence-corrected chi connectivity index (χ1v) is 5.57. The predicted octanol–water partition coefficient (Wildman–Crippen LogP) is 3.17. The average Bonchev–Trinajstić information content (AvgIpc) is 2.68. The van der Waals surface area contributed by atoms with E-state index >= 15 is 0 Å². The molecule has 1 saturated heterocycles. The van der Waals surface area contributed by atoms with Gasteiger partial charge in [0.05, 0.1) is 0 Å². The molecule has 0 bridgehead atoms. The molecule has 1 aromatic rings.